The largest absolute Gasteiger partial charge is 0.394 e. The Bertz CT molecular complexity index is 1840. The van der Waals surface area contributed by atoms with Crippen molar-refractivity contribution in [3.8, 4) is 0 Å². The normalized spacial score (nSPS) is 20.4. The maximum Gasteiger partial charge on any atom is 0.251 e. The van der Waals surface area contributed by atoms with Gasteiger partial charge in [0.1, 0.15) is 0 Å². The maximum absolute atomic E-state index is 14.2. The molecule has 5 N–H and O–H groups in total. The molecule has 0 unspecified atom stereocenters. The van der Waals surface area contributed by atoms with Crippen LogP contribution in [0.25, 0.3) is 0 Å². The van der Waals surface area contributed by atoms with Crippen LogP contribution in [0.5, 0.6) is 0 Å². The Hall–Kier alpha value is -4.87. The smallest absolute Gasteiger partial charge is 0.251 e. The molecule has 0 bridgehead atoms. The van der Waals surface area contributed by atoms with Crippen LogP contribution in [0.15, 0.2) is 109 Å². The molecule has 4 aromatic rings. The van der Waals surface area contributed by atoms with Gasteiger partial charge >= 0.3 is 0 Å². The van der Waals surface area contributed by atoms with Crippen molar-refractivity contribution in [3.05, 3.63) is 143 Å². The van der Waals surface area contributed by atoms with Gasteiger partial charge in [0.15, 0.2) is 0 Å². The minimum atomic E-state index is -0.973. The number of nitrogens with zero attached hydrogens (tertiary/aromatic N) is 1. The third kappa shape index (κ3) is 10.2. The van der Waals surface area contributed by atoms with Gasteiger partial charge in [-0.2, -0.15) is 0 Å². The highest BCUT2D eigenvalue weighted by atomic mass is 16.5. The number of hydrogen-bond acceptors (Lipinski definition) is 7. The van der Waals surface area contributed by atoms with Crippen molar-refractivity contribution >= 4 is 17.7 Å². The molecule has 4 aromatic carbocycles. The van der Waals surface area contributed by atoms with E-state index in [1.54, 1.807) is 11.0 Å². The van der Waals surface area contributed by atoms with Crippen LogP contribution in [0.2, 0.25) is 0 Å². The fourth-order valence-electron chi connectivity index (χ4n) is 7.92. The Balaban J connectivity index is 1.15. The minimum absolute atomic E-state index is 0.0550. The number of fused-ring (bicyclic) bond motifs is 1. The van der Waals surface area contributed by atoms with E-state index in [2.05, 4.69) is 10.6 Å². The van der Waals surface area contributed by atoms with Crippen molar-refractivity contribution in [2.24, 2.45) is 11.8 Å². The van der Waals surface area contributed by atoms with Crippen LogP contribution in [-0.4, -0.2) is 89.1 Å². The van der Waals surface area contributed by atoms with Gasteiger partial charge in [0, 0.05) is 43.0 Å². The van der Waals surface area contributed by atoms with Crippen molar-refractivity contribution < 1.29 is 34.4 Å². The van der Waals surface area contributed by atoms with Crippen molar-refractivity contribution in [2.45, 2.75) is 62.8 Å². The molecule has 1 aliphatic heterocycles. The number of rotatable bonds is 18. The Labute approximate surface area is 317 Å². The van der Waals surface area contributed by atoms with Gasteiger partial charge in [0.05, 0.1) is 38.1 Å². The van der Waals surface area contributed by atoms with E-state index in [1.165, 1.54) is 0 Å². The highest BCUT2D eigenvalue weighted by Gasteiger charge is 2.41. The molecular weight excluding hydrogens is 682 g/mol. The van der Waals surface area contributed by atoms with Crippen molar-refractivity contribution in [1.82, 2.24) is 15.5 Å². The van der Waals surface area contributed by atoms with Gasteiger partial charge in [-0.15, -0.1) is 0 Å². The van der Waals surface area contributed by atoms with E-state index < -0.39 is 24.2 Å². The van der Waals surface area contributed by atoms with Crippen molar-refractivity contribution in [2.75, 3.05) is 32.9 Å². The molecule has 0 aromatic heterocycles. The first-order chi connectivity index (χ1) is 26.3. The minimum Gasteiger partial charge on any atom is -0.394 e. The Morgan fingerprint density at radius 1 is 0.852 bits per heavy atom. The van der Waals surface area contributed by atoms with Crippen molar-refractivity contribution in [3.63, 3.8) is 0 Å². The number of aliphatic hydroxyl groups is 3. The van der Waals surface area contributed by atoms with Gasteiger partial charge in [-0.25, -0.2) is 0 Å². The van der Waals surface area contributed by atoms with Gasteiger partial charge in [0.25, 0.3) is 5.91 Å². The first-order valence-electron chi connectivity index (χ1n) is 19.0. The molecule has 1 saturated heterocycles. The van der Waals surface area contributed by atoms with Gasteiger partial charge < -0.3 is 35.6 Å². The molecule has 3 amide bonds. The molecule has 2 aliphatic rings. The molecular formula is C44H51N3O7. The second-order valence-corrected chi connectivity index (χ2v) is 14.5. The average molecular weight is 734 g/mol. The molecule has 54 heavy (non-hydrogen) atoms. The number of benzene rings is 4. The second kappa shape index (κ2) is 18.9. The zero-order chi connectivity index (χ0) is 37.9. The van der Waals surface area contributed by atoms with E-state index in [9.17, 15) is 24.6 Å². The third-order valence-electron chi connectivity index (χ3n) is 10.5. The van der Waals surface area contributed by atoms with Crippen LogP contribution in [-0.2, 0) is 40.0 Å². The van der Waals surface area contributed by atoms with Crippen LogP contribution in [0, 0.1) is 11.8 Å². The summed E-state index contributed by atoms with van der Waals surface area (Å²) >= 11 is 0. The summed E-state index contributed by atoms with van der Waals surface area (Å²) < 4.78 is 5.23. The first kappa shape index (κ1) is 38.8. The molecule has 10 heteroatoms. The van der Waals surface area contributed by atoms with Crippen LogP contribution in [0.3, 0.4) is 0 Å². The highest BCUT2D eigenvalue weighted by Crippen LogP contribution is 2.33. The van der Waals surface area contributed by atoms with Gasteiger partial charge in [-0.1, -0.05) is 97.1 Å². The number of likely N-dealkylation sites (tertiary alicyclic amines) is 1. The van der Waals surface area contributed by atoms with Crippen LogP contribution < -0.4 is 10.6 Å². The lowest BCUT2D eigenvalue weighted by molar-refractivity contribution is -0.133. The lowest BCUT2D eigenvalue weighted by atomic mass is 9.91. The fraction of sp³-hybridized carbons (Fsp3) is 0.386. The summed E-state index contributed by atoms with van der Waals surface area (Å²) in [5, 5.41) is 37.4. The van der Waals surface area contributed by atoms with Crippen LogP contribution in [0.4, 0.5) is 0 Å². The third-order valence-corrected chi connectivity index (χ3v) is 10.5. The first-order valence-corrected chi connectivity index (χ1v) is 19.0. The standard InChI is InChI=1S/C44H51N3O7/c48-19-21-54-20-18-45-42(51)34-16-9-14-32(23-34)24-36-26-37(25-31-12-5-2-6-13-31)47(44(36)53)29-38(49)27-35(22-30-10-3-1-4-11-30)43(52)46-41-39-17-8-7-15-33(39)28-40(41)50/h1-17,23,35-38,40-41,48-50H,18-22,24-29H2,(H,45,51)(H,46,52)/t35-,36-,37-,38-,40+,41-/m0/s1. The quantitative estimate of drug-likeness (QED) is 0.0978. The summed E-state index contributed by atoms with van der Waals surface area (Å²) in [6, 6.07) is 34.0. The molecule has 1 heterocycles. The topological polar surface area (TPSA) is 148 Å². The molecule has 6 rings (SSSR count). The summed E-state index contributed by atoms with van der Waals surface area (Å²) in [5.41, 5.74) is 5.33. The molecule has 0 radical (unpaired) electrons. The van der Waals surface area contributed by atoms with Gasteiger partial charge in [-0.3, -0.25) is 14.4 Å². The molecule has 284 valence electrons. The van der Waals surface area contributed by atoms with E-state index in [0.717, 1.165) is 27.8 Å². The second-order valence-electron chi connectivity index (χ2n) is 14.5. The average Bonchev–Trinajstić information content (AvgIpc) is 3.65. The predicted octanol–water partition coefficient (Wildman–Crippen LogP) is 3.81. The molecule has 0 spiro atoms. The summed E-state index contributed by atoms with van der Waals surface area (Å²) in [4.78, 5) is 42.8. The SMILES string of the molecule is O=C(NCCOCCO)c1cccc(C[C@H]2C[C@H](Cc3ccccc3)N(C[C@@H](O)C[C@H](Cc3ccccc3)C(=O)N[C@H]3c4ccccc4C[C@H]3O)C2=O)c1. The lowest BCUT2D eigenvalue weighted by Gasteiger charge is -2.29. The summed E-state index contributed by atoms with van der Waals surface area (Å²) in [7, 11) is 0. The summed E-state index contributed by atoms with van der Waals surface area (Å²) in [6.07, 6.45) is 0.959. The van der Waals surface area contributed by atoms with E-state index >= 15 is 0 Å². The molecule has 1 aliphatic carbocycles. The molecule has 10 nitrogen and oxygen atoms in total. The van der Waals surface area contributed by atoms with Gasteiger partial charge in [-0.05, 0) is 72.1 Å². The summed E-state index contributed by atoms with van der Waals surface area (Å²) in [6.45, 7) is 0.827. The number of carbonyl (C=O) groups excluding carboxylic acids is 3. The van der Waals surface area contributed by atoms with E-state index in [1.807, 2.05) is 103 Å². The molecule has 6 atom stereocenters. The van der Waals surface area contributed by atoms with Crippen LogP contribution in [0.1, 0.15) is 57.1 Å². The van der Waals surface area contributed by atoms with E-state index in [4.69, 9.17) is 9.84 Å². The Morgan fingerprint density at radius 3 is 2.31 bits per heavy atom. The number of aliphatic hydroxyl groups excluding tert-OH is 3. The molecule has 1 fully saturated rings. The number of ether oxygens (including phenoxy) is 1. The molecule has 0 saturated carbocycles. The fourth-order valence-corrected chi connectivity index (χ4v) is 7.92. The number of carbonyl (C=O) groups is 3. The maximum atomic E-state index is 14.2. The van der Waals surface area contributed by atoms with Crippen molar-refractivity contribution in [1.29, 1.82) is 0 Å². The Morgan fingerprint density at radius 2 is 1.56 bits per heavy atom. The lowest BCUT2D eigenvalue weighted by Crippen LogP contribution is -2.43. The predicted molar refractivity (Wildman–Crippen MR) is 205 cm³/mol. The van der Waals surface area contributed by atoms with E-state index in [-0.39, 0.29) is 55.9 Å². The summed E-state index contributed by atoms with van der Waals surface area (Å²) in [5.74, 6) is -1.48. The highest BCUT2D eigenvalue weighted by molar-refractivity contribution is 5.94. The number of amides is 3. The monoisotopic (exact) mass is 733 g/mol. The zero-order valence-corrected chi connectivity index (χ0v) is 30.6. The van der Waals surface area contributed by atoms with Crippen LogP contribution >= 0.6 is 0 Å². The van der Waals surface area contributed by atoms with Gasteiger partial charge in [0.2, 0.25) is 11.8 Å². The number of hydrogen-bond donors (Lipinski definition) is 5. The number of nitrogens with one attached hydrogen (secondary N) is 2. The number of β-amino-alcohol motifs (C(OH)–C–C–N with tert-alkyl or cyclic N) is 1. The van der Waals surface area contributed by atoms with E-state index in [0.29, 0.717) is 50.8 Å². The zero-order valence-electron chi connectivity index (χ0n) is 30.6. The Kier molecular flexibility index (Phi) is 13.6.